The number of nitrogens with two attached hydrogens (primary N) is 1. The summed E-state index contributed by atoms with van der Waals surface area (Å²) in [7, 11) is 0. The fourth-order valence-electron chi connectivity index (χ4n) is 0.696. The number of aromatic nitrogens is 1. The van der Waals surface area contributed by atoms with Crippen LogP contribution in [0, 0.1) is 0 Å². The molecule has 13 heavy (non-hydrogen) atoms. The second-order valence-electron chi connectivity index (χ2n) is 2.47. The minimum atomic E-state index is -0.456. The van der Waals surface area contributed by atoms with E-state index >= 15 is 0 Å². The van der Waals surface area contributed by atoms with Gasteiger partial charge in [0.25, 0.3) is 0 Å². The minimum Gasteiger partial charge on any atom is -0.320 e. The molecule has 0 bridgehead atoms. The molecule has 0 aliphatic heterocycles. The van der Waals surface area contributed by atoms with Crippen LogP contribution in [0.5, 0.6) is 0 Å². The largest absolute Gasteiger partial charge is 0.320 e. The van der Waals surface area contributed by atoms with Gasteiger partial charge in [-0.25, -0.2) is 4.98 Å². The number of halogens is 1. The molecule has 1 amide bonds. The topological polar surface area (TPSA) is 68.0 Å². The smallest absolute Gasteiger partial charge is 0.243 e. The van der Waals surface area contributed by atoms with Crippen molar-refractivity contribution in [3.63, 3.8) is 0 Å². The molecule has 3 N–H and O–H groups in total. The SMILES string of the molecule is CC[C@H](N)C(=O)Nc1ncc(Br)s1. The molecule has 0 saturated carbocycles. The van der Waals surface area contributed by atoms with Gasteiger partial charge in [-0.1, -0.05) is 18.3 Å². The van der Waals surface area contributed by atoms with Crippen molar-refractivity contribution in [3.8, 4) is 0 Å². The zero-order valence-corrected chi connectivity index (χ0v) is 9.48. The number of thiazole rings is 1. The normalized spacial score (nSPS) is 12.5. The van der Waals surface area contributed by atoms with Gasteiger partial charge in [-0.2, -0.15) is 0 Å². The molecular formula is C7H10BrN3OS. The van der Waals surface area contributed by atoms with Gasteiger partial charge in [0.2, 0.25) is 5.91 Å². The highest BCUT2D eigenvalue weighted by molar-refractivity contribution is 9.11. The summed E-state index contributed by atoms with van der Waals surface area (Å²) in [5.74, 6) is -0.190. The standard InChI is InChI=1S/C7H10BrN3OS/c1-2-4(9)6(12)11-7-10-3-5(8)13-7/h3-4H,2,9H2,1H3,(H,10,11,12)/t4-/m0/s1. The van der Waals surface area contributed by atoms with Crippen molar-refractivity contribution < 1.29 is 4.79 Å². The third-order valence-electron chi connectivity index (χ3n) is 1.48. The zero-order valence-electron chi connectivity index (χ0n) is 7.08. The molecule has 0 aliphatic rings. The first-order valence-corrected chi connectivity index (χ1v) is 5.42. The number of anilines is 1. The summed E-state index contributed by atoms with van der Waals surface area (Å²) in [6.07, 6.45) is 2.26. The second kappa shape index (κ2) is 4.69. The van der Waals surface area contributed by atoms with Crippen molar-refractivity contribution in [3.05, 3.63) is 9.98 Å². The van der Waals surface area contributed by atoms with Gasteiger partial charge >= 0.3 is 0 Å². The monoisotopic (exact) mass is 263 g/mol. The number of nitrogens with one attached hydrogen (secondary N) is 1. The molecule has 1 rings (SSSR count). The average Bonchev–Trinajstić information content (AvgIpc) is 2.49. The van der Waals surface area contributed by atoms with Crippen molar-refractivity contribution in [1.29, 1.82) is 0 Å². The molecular weight excluding hydrogens is 254 g/mol. The molecule has 4 nitrogen and oxygen atoms in total. The van der Waals surface area contributed by atoms with E-state index in [4.69, 9.17) is 5.73 Å². The molecule has 72 valence electrons. The van der Waals surface area contributed by atoms with Crippen LogP contribution in [0.3, 0.4) is 0 Å². The number of carbonyl (C=O) groups excluding carboxylic acids is 1. The van der Waals surface area contributed by atoms with Gasteiger partial charge in [-0.3, -0.25) is 4.79 Å². The van der Waals surface area contributed by atoms with E-state index in [0.29, 0.717) is 11.6 Å². The highest BCUT2D eigenvalue weighted by Crippen LogP contribution is 2.23. The molecule has 6 heteroatoms. The van der Waals surface area contributed by atoms with Crippen LogP contribution >= 0.6 is 27.3 Å². The number of amides is 1. The Bertz CT molecular complexity index is 302. The number of carbonyl (C=O) groups is 1. The zero-order chi connectivity index (χ0) is 9.84. The lowest BCUT2D eigenvalue weighted by Gasteiger charge is -2.06. The Hall–Kier alpha value is -0.460. The highest BCUT2D eigenvalue weighted by Gasteiger charge is 2.12. The quantitative estimate of drug-likeness (QED) is 0.870. The van der Waals surface area contributed by atoms with E-state index in [1.807, 2.05) is 6.92 Å². The summed E-state index contributed by atoms with van der Waals surface area (Å²) in [5, 5.41) is 3.20. The fourth-order valence-corrected chi connectivity index (χ4v) is 1.81. The summed E-state index contributed by atoms with van der Waals surface area (Å²) in [4.78, 5) is 15.2. The van der Waals surface area contributed by atoms with Crippen LogP contribution < -0.4 is 11.1 Å². The Balaban J connectivity index is 2.54. The van der Waals surface area contributed by atoms with Crippen molar-refractivity contribution in [2.45, 2.75) is 19.4 Å². The molecule has 0 aromatic carbocycles. The number of rotatable bonds is 3. The van der Waals surface area contributed by atoms with E-state index < -0.39 is 6.04 Å². The number of hydrogen-bond donors (Lipinski definition) is 2. The molecule has 1 atom stereocenters. The summed E-state index contributed by atoms with van der Waals surface area (Å²) in [5.41, 5.74) is 5.52. The molecule has 1 heterocycles. The highest BCUT2D eigenvalue weighted by atomic mass is 79.9. The third kappa shape index (κ3) is 3.06. The van der Waals surface area contributed by atoms with Crippen LogP contribution in [0.2, 0.25) is 0 Å². The molecule has 1 aromatic rings. The molecule has 1 aromatic heterocycles. The Kier molecular flexibility index (Phi) is 3.83. The van der Waals surface area contributed by atoms with Gasteiger partial charge in [-0.15, -0.1) is 0 Å². The van der Waals surface area contributed by atoms with E-state index in [0.717, 1.165) is 3.79 Å². The Morgan fingerprint density at radius 2 is 2.62 bits per heavy atom. The van der Waals surface area contributed by atoms with E-state index in [-0.39, 0.29) is 5.91 Å². The van der Waals surface area contributed by atoms with E-state index in [1.54, 1.807) is 6.20 Å². The predicted molar refractivity (Wildman–Crippen MR) is 56.7 cm³/mol. The van der Waals surface area contributed by atoms with Crippen LogP contribution in [0.15, 0.2) is 9.98 Å². The molecule has 0 radical (unpaired) electrons. The molecule has 0 unspecified atom stereocenters. The van der Waals surface area contributed by atoms with E-state index in [2.05, 4.69) is 26.2 Å². The Labute approximate surface area is 88.7 Å². The van der Waals surface area contributed by atoms with Crippen LogP contribution in [0.1, 0.15) is 13.3 Å². The van der Waals surface area contributed by atoms with Gasteiger partial charge in [0.15, 0.2) is 5.13 Å². The summed E-state index contributed by atoms with van der Waals surface area (Å²) in [6, 6.07) is -0.456. The summed E-state index contributed by atoms with van der Waals surface area (Å²) >= 11 is 4.61. The van der Waals surface area contributed by atoms with E-state index in [9.17, 15) is 4.79 Å². The minimum absolute atomic E-state index is 0.190. The lowest BCUT2D eigenvalue weighted by Crippen LogP contribution is -2.34. The van der Waals surface area contributed by atoms with Gasteiger partial charge in [-0.05, 0) is 22.4 Å². The van der Waals surface area contributed by atoms with Crippen molar-refractivity contribution in [2.75, 3.05) is 5.32 Å². The maximum absolute atomic E-state index is 11.3. The molecule has 0 aliphatic carbocycles. The number of hydrogen-bond acceptors (Lipinski definition) is 4. The molecule has 0 fully saturated rings. The van der Waals surface area contributed by atoms with Crippen LogP contribution in [-0.2, 0) is 4.79 Å². The third-order valence-corrected chi connectivity index (χ3v) is 2.88. The lowest BCUT2D eigenvalue weighted by atomic mass is 10.2. The van der Waals surface area contributed by atoms with Gasteiger partial charge in [0, 0.05) is 0 Å². The van der Waals surface area contributed by atoms with Crippen LogP contribution in [0.25, 0.3) is 0 Å². The first-order chi connectivity index (χ1) is 6.13. The van der Waals surface area contributed by atoms with Gasteiger partial charge in [0.1, 0.15) is 0 Å². The molecule has 0 spiro atoms. The predicted octanol–water partition coefficient (Wildman–Crippen LogP) is 1.58. The fraction of sp³-hybridized carbons (Fsp3) is 0.429. The first-order valence-electron chi connectivity index (χ1n) is 3.81. The van der Waals surface area contributed by atoms with Crippen molar-refractivity contribution in [2.24, 2.45) is 5.73 Å². The average molecular weight is 264 g/mol. The van der Waals surface area contributed by atoms with Gasteiger partial charge in [0.05, 0.1) is 16.0 Å². The Morgan fingerprint density at radius 1 is 1.92 bits per heavy atom. The van der Waals surface area contributed by atoms with Crippen molar-refractivity contribution >= 4 is 38.3 Å². The first kappa shape index (κ1) is 10.6. The van der Waals surface area contributed by atoms with Crippen molar-refractivity contribution in [1.82, 2.24) is 4.98 Å². The molecule has 0 saturated heterocycles. The van der Waals surface area contributed by atoms with Crippen LogP contribution in [-0.4, -0.2) is 16.9 Å². The maximum atomic E-state index is 11.3. The van der Waals surface area contributed by atoms with Gasteiger partial charge < -0.3 is 11.1 Å². The van der Waals surface area contributed by atoms with Crippen LogP contribution in [0.4, 0.5) is 5.13 Å². The Morgan fingerprint density at radius 3 is 3.08 bits per heavy atom. The lowest BCUT2D eigenvalue weighted by molar-refractivity contribution is -0.117. The second-order valence-corrected chi connectivity index (χ2v) is 4.88. The summed E-state index contributed by atoms with van der Waals surface area (Å²) in [6.45, 7) is 1.86. The number of nitrogens with zero attached hydrogens (tertiary/aromatic N) is 1. The van der Waals surface area contributed by atoms with E-state index in [1.165, 1.54) is 11.3 Å². The summed E-state index contributed by atoms with van der Waals surface area (Å²) < 4.78 is 0.882. The maximum Gasteiger partial charge on any atom is 0.243 e.